The van der Waals surface area contributed by atoms with Crippen LogP contribution in [0.2, 0.25) is 0 Å². The maximum Gasteiger partial charge on any atom is 0.231 e. The van der Waals surface area contributed by atoms with E-state index < -0.39 is 0 Å². The first-order valence-electron chi connectivity index (χ1n) is 7.92. The lowest BCUT2D eigenvalue weighted by atomic mass is 9.96. The molecule has 2 N–H and O–H groups in total. The molecule has 3 unspecified atom stereocenters. The van der Waals surface area contributed by atoms with E-state index in [2.05, 4.69) is 30.5 Å². The van der Waals surface area contributed by atoms with E-state index in [0.717, 1.165) is 31.9 Å². The summed E-state index contributed by atoms with van der Waals surface area (Å²) in [5, 5.41) is 6.49. The minimum atomic E-state index is 0.319. The fourth-order valence-electron chi connectivity index (χ4n) is 3.56. The van der Waals surface area contributed by atoms with Crippen LogP contribution in [0.15, 0.2) is 0 Å². The second kappa shape index (κ2) is 5.29. The number of hydrogen-bond donors (Lipinski definition) is 2. The third-order valence-corrected chi connectivity index (χ3v) is 4.66. The average Bonchev–Trinajstić information content (AvgIpc) is 3.24. The largest absolute Gasteiger partial charge is 0.373 e. The number of ether oxygens (including phenoxy) is 1. The van der Waals surface area contributed by atoms with Crippen LogP contribution < -0.4 is 15.5 Å². The Hall–Kier alpha value is -1.63. The minimum absolute atomic E-state index is 0.319. The lowest BCUT2D eigenvalue weighted by molar-refractivity contribution is 0.102. The number of nitrogens with zero attached hydrogens (tertiary/aromatic N) is 4. The molecule has 1 aromatic rings. The average molecular weight is 290 g/mol. The predicted molar refractivity (Wildman–Crippen MR) is 80.7 cm³/mol. The maximum absolute atomic E-state index is 5.88. The van der Waals surface area contributed by atoms with E-state index in [1.165, 1.54) is 19.3 Å². The van der Waals surface area contributed by atoms with Crippen molar-refractivity contribution in [2.75, 3.05) is 35.7 Å². The Morgan fingerprint density at radius 1 is 1.10 bits per heavy atom. The Bertz CT molecular complexity index is 518. The molecule has 7 heteroatoms. The summed E-state index contributed by atoms with van der Waals surface area (Å²) in [6.07, 6.45) is 6.57. The molecular formula is C14H22N6O. The highest BCUT2D eigenvalue weighted by molar-refractivity contribution is 5.44. The van der Waals surface area contributed by atoms with Gasteiger partial charge in [-0.2, -0.15) is 15.0 Å². The fraction of sp³-hybridized carbons (Fsp3) is 0.786. The molecular weight excluding hydrogens is 268 g/mol. The van der Waals surface area contributed by atoms with Gasteiger partial charge in [0.05, 0.1) is 18.2 Å². The summed E-state index contributed by atoms with van der Waals surface area (Å²) in [6, 6.07) is 0.335. The zero-order chi connectivity index (χ0) is 14.2. The molecule has 4 rings (SSSR count). The van der Waals surface area contributed by atoms with Crippen LogP contribution in [0, 0.1) is 0 Å². The highest BCUT2D eigenvalue weighted by Crippen LogP contribution is 2.35. The lowest BCUT2D eigenvalue weighted by Crippen LogP contribution is -2.32. The zero-order valence-electron chi connectivity index (χ0n) is 12.4. The summed E-state index contributed by atoms with van der Waals surface area (Å²) in [5.41, 5.74) is 0. The Kier molecular flexibility index (Phi) is 3.29. The van der Waals surface area contributed by atoms with Crippen molar-refractivity contribution >= 4 is 17.8 Å². The molecule has 3 atom stereocenters. The second-order valence-corrected chi connectivity index (χ2v) is 6.09. The Morgan fingerprint density at radius 2 is 1.90 bits per heavy atom. The molecule has 0 amide bonds. The summed E-state index contributed by atoms with van der Waals surface area (Å²) in [4.78, 5) is 15.8. The molecule has 1 aromatic heterocycles. The van der Waals surface area contributed by atoms with Gasteiger partial charge in [-0.05, 0) is 32.1 Å². The molecule has 0 aromatic carbocycles. The van der Waals surface area contributed by atoms with Crippen LogP contribution in [0.3, 0.4) is 0 Å². The van der Waals surface area contributed by atoms with Crippen LogP contribution in [-0.2, 0) is 4.74 Å². The van der Waals surface area contributed by atoms with Crippen molar-refractivity contribution < 1.29 is 4.74 Å². The van der Waals surface area contributed by atoms with Gasteiger partial charge < -0.3 is 20.3 Å². The molecule has 2 bridgehead atoms. The first-order valence-corrected chi connectivity index (χ1v) is 7.92. The van der Waals surface area contributed by atoms with Crippen LogP contribution in [0.4, 0.5) is 17.8 Å². The topological polar surface area (TPSA) is 75.2 Å². The highest BCUT2D eigenvalue weighted by Gasteiger charge is 2.41. The summed E-state index contributed by atoms with van der Waals surface area (Å²) in [7, 11) is 1.84. The summed E-state index contributed by atoms with van der Waals surface area (Å²) >= 11 is 0. The van der Waals surface area contributed by atoms with Gasteiger partial charge in [0, 0.05) is 20.1 Å². The van der Waals surface area contributed by atoms with Gasteiger partial charge in [0.1, 0.15) is 0 Å². The zero-order valence-corrected chi connectivity index (χ0v) is 12.4. The van der Waals surface area contributed by atoms with Crippen LogP contribution in [0.1, 0.15) is 32.1 Å². The van der Waals surface area contributed by atoms with Gasteiger partial charge in [0.2, 0.25) is 17.8 Å². The van der Waals surface area contributed by atoms with E-state index in [1.54, 1.807) is 0 Å². The first kappa shape index (κ1) is 13.1. The smallest absolute Gasteiger partial charge is 0.231 e. The van der Waals surface area contributed by atoms with Crippen LogP contribution in [0.5, 0.6) is 0 Å². The molecule has 0 saturated carbocycles. The van der Waals surface area contributed by atoms with E-state index in [1.807, 2.05) is 7.05 Å². The SMILES string of the molecule is CNc1nc(NC2CC3CCC2O3)nc(N2CCCC2)n1. The quantitative estimate of drug-likeness (QED) is 0.864. The van der Waals surface area contributed by atoms with Gasteiger partial charge >= 0.3 is 0 Å². The molecule has 21 heavy (non-hydrogen) atoms. The Labute approximate surface area is 124 Å². The van der Waals surface area contributed by atoms with E-state index >= 15 is 0 Å². The Morgan fingerprint density at radius 3 is 2.57 bits per heavy atom. The third kappa shape index (κ3) is 2.50. The summed E-state index contributed by atoms with van der Waals surface area (Å²) in [6.45, 7) is 2.06. The van der Waals surface area contributed by atoms with Crippen LogP contribution in [-0.4, -0.2) is 53.3 Å². The molecule has 3 fully saturated rings. The molecule has 3 aliphatic heterocycles. The summed E-state index contributed by atoms with van der Waals surface area (Å²) in [5.74, 6) is 2.06. The number of nitrogens with one attached hydrogen (secondary N) is 2. The molecule has 4 heterocycles. The normalized spacial score (nSPS) is 30.9. The number of aromatic nitrogens is 3. The van der Waals surface area contributed by atoms with Crippen molar-refractivity contribution in [1.29, 1.82) is 0 Å². The first-order chi connectivity index (χ1) is 10.3. The summed E-state index contributed by atoms with van der Waals surface area (Å²) < 4.78 is 5.88. The van der Waals surface area contributed by atoms with Crippen molar-refractivity contribution in [3.8, 4) is 0 Å². The predicted octanol–water partition coefficient (Wildman–Crippen LogP) is 1.25. The molecule has 0 spiro atoms. The van der Waals surface area contributed by atoms with Crippen molar-refractivity contribution in [2.45, 2.75) is 50.4 Å². The van der Waals surface area contributed by atoms with Crippen molar-refractivity contribution in [2.24, 2.45) is 0 Å². The molecule has 3 saturated heterocycles. The highest BCUT2D eigenvalue weighted by atomic mass is 16.5. The van der Waals surface area contributed by atoms with Gasteiger partial charge in [-0.1, -0.05) is 0 Å². The lowest BCUT2D eigenvalue weighted by Gasteiger charge is -2.21. The number of fused-ring (bicyclic) bond motifs is 2. The van der Waals surface area contributed by atoms with E-state index in [0.29, 0.717) is 30.1 Å². The maximum atomic E-state index is 5.88. The molecule has 7 nitrogen and oxygen atoms in total. The third-order valence-electron chi connectivity index (χ3n) is 4.66. The van der Waals surface area contributed by atoms with Gasteiger partial charge in [0.25, 0.3) is 0 Å². The number of anilines is 3. The van der Waals surface area contributed by atoms with E-state index in [4.69, 9.17) is 4.74 Å². The van der Waals surface area contributed by atoms with Gasteiger partial charge in [0.15, 0.2) is 0 Å². The number of rotatable bonds is 4. The van der Waals surface area contributed by atoms with Crippen molar-refractivity contribution in [1.82, 2.24) is 15.0 Å². The van der Waals surface area contributed by atoms with Gasteiger partial charge in [-0.15, -0.1) is 0 Å². The Balaban J connectivity index is 1.54. The number of hydrogen-bond acceptors (Lipinski definition) is 7. The molecule has 0 radical (unpaired) electrons. The van der Waals surface area contributed by atoms with E-state index in [-0.39, 0.29) is 0 Å². The second-order valence-electron chi connectivity index (χ2n) is 6.09. The van der Waals surface area contributed by atoms with E-state index in [9.17, 15) is 0 Å². The monoisotopic (exact) mass is 290 g/mol. The van der Waals surface area contributed by atoms with Gasteiger partial charge in [-0.3, -0.25) is 0 Å². The van der Waals surface area contributed by atoms with Crippen LogP contribution in [0.25, 0.3) is 0 Å². The fourth-order valence-corrected chi connectivity index (χ4v) is 3.56. The molecule has 0 aliphatic carbocycles. The van der Waals surface area contributed by atoms with Crippen molar-refractivity contribution in [3.05, 3.63) is 0 Å². The molecule has 3 aliphatic rings. The minimum Gasteiger partial charge on any atom is -0.373 e. The van der Waals surface area contributed by atoms with Gasteiger partial charge in [-0.25, -0.2) is 0 Å². The van der Waals surface area contributed by atoms with Crippen molar-refractivity contribution in [3.63, 3.8) is 0 Å². The standard InChI is InChI=1S/C14H22N6O/c1-15-12-17-13(16-10-8-9-4-5-11(10)21-9)19-14(18-12)20-6-2-3-7-20/h9-11H,2-8H2,1H3,(H2,15,16,17,18,19). The van der Waals surface area contributed by atoms with Crippen LogP contribution >= 0.6 is 0 Å². The molecule has 114 valence electrons.